The highest BCUT2D eigenvalue weighted by atomic mass is 32.2. The molecule has 3 aliphatic rings. The number of aryl methyl sites for hydroxylation is 1. The number of piperidine rings is 1. The number of imidazole rings is 1. The van der Waals surface area contributed by atoms with Gasteiger partial charge in [-0.05, 0) is 49.9 Å². The largest absolute Gasteiger partial charge is 0.349 e. The highest BCUT2D eigenvalue weighted by molar-refractivity contribution is 7.88. The second-order valence-corrected chi connectivity index (χ2v) is 13.8. The zero-order chi connectivity index (χ0) is 28.7. The molecule has 14 heteroatoms. The van der Waals surface area contributed by atoms with Crippen molar-refractivity contribution in [3.05, 3.63) is 52.6 Å². The normalized spacial score (nSPS) is 19.0. The van der Waals surface area contributed by atoms with Crippen molar-refractivity contribution in [1.29, 1.82) is 0 Å². The lowest BCUT2D eigenvalue weighted by Gasteiger charge is -2.30. The lowest BCUT2D eigenvalue weighted by Crippen LogP contribution is -2.46. The van der Waals surface area contributed by atoms with Gasteiger partial charge in [-0.2, -0.15) is 0 Å². The average molecular weight is 598 g/mol. The van der Waals surface area contributed by atoms with Crippen molar-refractivity contribution in [1.82, 2.24) is 39.7 Å². The molecule has 1 saturated heterocycles. The molecule has 0 bridgehead atoms. The Morgan fingerprint density at radius 2 is 2.00 bits per heavy atom. The maximum absolute atomic E-state index is 13.2. The van der Waals surface area contributed by atoms with Crippen LogP contribution >= 0.6 is 11.3 Å². The maximum atomic E-state index is 13.2. The minimum absolute atomic E-state index is 0.0597. The van der Waals surface area contributed by atoms with E-state index in [0.29, 0.717) is 48.8 Å². The summed E-state index contributed by atoms with van der Waals surface area (Å²) in [6.07, 6.45) is 11.6. The van der Waals surface area contributed by atoms with Crippen LogP contribution in [0.25, 0.3) is 16.8 Å². The molecule has 0 unspecified atom stereocenters. The van der Waals surface area contributed by atoms with Crippen molar-refractivity contribution in [3.63, 3.8) is 0 Å². The van der Waals surface area contributed by atoms with Crippen LogP contribution in [0.2, 0.25) is 0 Å². The van der Waals surface area contributed by atoms with E-state index in [1.54, 1.807) is 0 Å². The van der Waals surface area contributed by atoms with E-state index in [4.69, 9.17) is 9.97 Å². The second kappa shape index (κ2) is 11.2. The molecule has 0 spiro atoms. The van der Waals surface area contributed by atoms with Crippen molar-refractivity contribution >= 4 is 54.9 Å². The fraction of sp³-hybridized carbons (Fsp3) is 0.444. The van der Waals surface area contributed by atoms with Gasteiger partial charge in [0.1, 0.15) is 0 Å². The van der Waals surface area contributed by atoms with Gasteiger partial charge in [-0.3, -0.25) is 9.20 Å². The summed E-state index contributed by atoms with van der Waals surface area (Å²) in [5.41, 5.74) is 9.01. The molecule has 1 amide bonds. The molecule has 3 aliphatic heterocycles. The number of amides is 1. The first-order valence-corrected chi connectivity index (χ1v) is 16.4. The Morgan fingerprint density at radius 1 is 1.20 bits per heavy atom. The van der Waals surface area contributed by atoms with Crippen LogP contribution in [-0.2, 0) is 10.0 Å². The van der Waals surface area contributed by atoms with Gasteiger partial charge in [0.15, 0.2) is 11.5 Å². The first kappa shape index (κ1) is 27.8. The summed E-state index contributed by atoms with van der Waals surface area (Å²) in [5.74, 6) is 0.484. The summed E-state index contributed by atoms with van der Waals surface area (Å²) >= 11 is 1.38. The molecule has 6 rings (SSSR count). The Hall–Kier alpha value is -3.30. The summed E-state index contributed by atoms with van der Waals surface area (Å²) in [7, 11) is -1.24. The molecule has 41 heavy (non-hydrogen) atoms. The SMILES string of the molecule is Cc1cc(Nc2nc(C3=CCCNC3)cn3c(C4=CN(C)NC4)cnc23)sc1C(=O)NC1CCN(S(C)(=O)=O)CC1. The molecule has 4 N–H and O–H groups in total. The van der Waals surface area contributed by atoms with Gasteiger partial charge in [-0.25, -0.2) is 28.1 Å². The van der Waals surface area contributed by atoms with Crippen LogP contribution in [0.3, 0.4) is 0 Å². The summed E-state index contributed by atoms with van der Waals surface area (Å²) in [5, 5.41) is 12.7. The average Bonchev–Trinajstić information content (AvgIpc) is 3.67. The quantitative estimate of drug-likeness (QED) is 0.323. The molecule has 0 radical (unpaired) electrons. The molecule has 1 fully saturated rings. The van der Waals surface area contributed by atoms with Crippen molar-refractivity contribution < 1.29 is 13.2 Å². The Bertz CT molecular complexity index is 1650. The molecule has 3 aromatic heterocycles. The van der Waals surface area contributed by atoms with E-state index < -0.39 is 10.0 Å². The van der Waals surface area contributed by atoms with Crippen LogP contribution in [0.5, 0.6) is 0 Å². The van der Waals surface area contributed by atoms with Gasteiger partial charge in [0.05, 0.1) is 33.7 Å². The second-order valence-electron chi connectivity index (χ2n) is 10.8. The molecule has 0 saturated carbocycles. The van der Waals surface area contributed by atoms with Crippen LogP contribution < -0.4 is 21.4 Å². The molecule has 12 nitrogen and oxygen atoms in total. The number of carbonyl (C=O) groups is 1. The lowest BCUT2D eigenvalue weighted by atomic mass is 10.1. The minimum Gasteiger partial charge on any atom is -0.349 e. The number of thiophene rings is 1. The van der Waals surface area contributed by atoms with Crippen LogP contribution in [0.4, 0.5) is 10.8 Å². The van der Waals surface area contributed by atoms with Crippen molar-refractivity contribution in [3.8, 4) is 0 Å². The molecule has 0 aliphatic carbocycles. The van der Waals surface area contributed by atoms with Gasteiger partial charge in [0.25, 0.3) is 5.91 Å². The van der Waals surface area contributed by atoms with Crippen molar-refractivity contribution in [2.75, 3.05) is 51.3 Å². The third kappa shape index (κ3) is 5.88. The Labute approximate surface area is 243 Å². The number of anilines is 2. The smallest absolute Gasteiger partial charge is 0.261 e. The minimum atomic E-state index is -3.21. The van der Waals surface area contributed by atoms with E-state index in [0.717, 1.165) is 52.6 Å². The number of nitrogens with one attached hydrogen (secondary N) is 4. The number of hydrogen-bond donors (Lipinski definition) is 4. The topological polar surface area (TPSA) is 136 Å². The number of sulfonamides is 1. The lowest BCUT2D eigenvalue weighted by molar-refractivity contribution is 0.0927. The molecule has 3 aromatic rings. The molecular formula is C27H35N9O3S2. The summed E-state index contributed by atoms with van der Waals surface area (Å²) in [6.45, 7) is 5.17. The maximum Gasteiger partial charge on any atom is 0.261 e. The van der Waals surface area contributed by atoms with E-state index >= 15 is 0 Å². The fourth-order valence-electron chi connectivity index (χ4n) is 5.46. The number of hydrazine groups is 1. The van der Waals surface area contributed by atoms with E-state index in [1.807, 2.05) is 31.2 Å². The number of hydrogen-bond acceptors (Lipinski definition) is 10. The molecular weight excluding hydrogens is 562 g/mol. The first-order valence-electron chi connectivity index (χ1n) is 13.7. The van der Waals surface area contributed by atoms with Gasteiger partial charge >= 0.3 is 0 Å². The molecule has 0 aromatic carbocycles. The van der Waals surface area contributed by atoms with E-state index in [2.05, 4.69) is 44.2 Å². The van der Waals surface area contributed by atoms with Gasteiger partial charge in [-0.15, -0.1) is 11.3 Å². The third-order valence-corrected chi connectivity index (χ3v) is 10.1. The molecule has 218 valence electrons. The molecule has 0 atom stereocenters. The van der Waals surface area contributed by atoms with Gasteiger partial charge in [0, 0.05) is 57.2 Å². The van der Waals surface area contributed by atoms with Gasteiger partial charge in [-0.1, -0.05) is 6.08 Å². The summed E-state index contributed by atoms with van der Waals surface area (Å²) in [4.78, 5) is 23.5. The van der Waals surface area contributed by atoms with E-state index in [-0.39, 0.29) is 11.9 Å². The number of nitrogens with zero attached hydrogens (tertiary/aromatic N) is 5. The van der Waals surface area contributed by atoms with Gasteiger partial charge in [0.2, 0.25) is 10.0 Å². The fourth-order valence-corrected chi connectivity index (χ4v) is 7.31. The van der Waals surface area contributed by atoms with Gasteiger partial charge < -0.3 is 21.0 Å². The Morgan fingerprint density at radius 3 is 2.68 bits per heavy atom. The third-order valence-electron chi connectivity index (χ3n) is 7.67. The summed E-state index contributed by atoms with van der Waals surface area (Å²) in [6, 6.07) is 1.90. The standard InChI is InChI=1S/C27H35N9O3S2/c1-17-11-23(40-24(17)27(37)31-20-6-9-35(10-7-20)41(3,38)39)33-25-26-29-14-22(19-13-30-34(2)15-19)36(26)16-21(32-25)18-5-4-8-28-12-18/h5,11,14-16,20,28,30H,4,6-10,12-13H2,1-3H3,(H,31,37)(H,32,33). The molecule has 6 heterocycles. The van der Waals surface area contributed by atoms with Crippen LogP contribution in [0.15, 0.2) is 30.7 Å². The van der Waals surface area contributed by atoms with E-state index in [9.17, 15) is 13.2 Å². The van der Waals surface area contributed by atoms with Crippen molar-refractivity contribution in [2.45, 2.75) is 32.2 Å². The van der Waals surface area contributed by atoms with Crippen molar-refractivity contribution in [2.24, 2.45) is 0 Å². The van der Waals surface area contributed by atoms with Crippen LogP contribution in [-0.4, -0.2) is 90.1 Å². The zero-order valence-corrected chi connectivity index (χ0v) is 25.0. The van der Waals surface area contributed by atoms with E-state index in [1.165, 1.54) is 21.9 Å². The predicted octanol–water partition coefficient (Wildman–Crippen LogP) is 2.16. The Balaban J connectivity index is 1.26. The Kier molecular flexibility index (Phi) is 7.59. The number of fused-ring (bicyclic) bond motifs is 1. The zero-order valence-electron chi connectivity index (χ0n) is 23.4. The monoisotopic (exact) mass is 597 g/mol. The van der Waals surface area contributed by atoms with Crippen LogP contribution in [0.1, 0.15) is 45.9 Å². The highest BCUT2D eigenvalue weighted by Gasteiger charge is 2.27. The highest BCUT2D eigenvalue weighted by Crippen LogP contribution is 2.32. The predicted molar refractivity (Wildman–Crippen MR) is 161 cm³/mol. The summed E-state index contributed by atoms with van der Waals surface area (Å²) < 4.78 is 27.2. The van der Waals surface area contributed by atoms with Crippen LogP contribution in [0, 0.1) is 6.92 Å². The number of rotatable bonds is 7. The number of carbonyl (C=O) groups excluding carboxylic acids is 1. The first-order chi connectivity index (χ1) is 19.7. The number of aromatic nitrogens is 3.